The standard InChI is InChI=1S/C23H25N7O/c1-16-14-18-20(19(31)15-16)21(26-17-6-3-2-4-7-17)28-23(27-18)30-12-10-29(11-13-30)22-24-8-5-9-25-22/h2-9,16H,10-15H2,1H3,(H,26,27,28)/t16-/m0/s1. The van der Waals surface area contributed by atoms with Crippen molar-refractivity contribution in [1.29, 1.82) is 0 Å². The molecule has 31 heavy (non-hydrogen) atoms. The Labute approximate surface area is 181 Å². The summed E-state index contributed by atoms with van der Waals surface area (Å²) in [6.45, 7) is 5.23. The number of aromatic nitrogens is 4. The minimum atomic E-state index is 0.116. The normalized spacial score (nSPS) is 18.6. The molecule has 2 aromatic heterocycles. The predicted molar refractivity (Wildman–Crippen MR) is 120 cm³/mol. The van der Waals surface area contributed by atoms with Crippen LogP contribution in [0.15, 0.2) is 48.8 Å². The maximum absolute atomic E-state index is 12.8. The summed E-state index contributed by atoms with van der Waals surface area (Å²) in [7, 11) is 0. The van der Waals surface area contributed by atoms with Gasteiger partial charge in [-0.3, -0.25) is 4.79 Å². The molecule has 5 rings (SSSR count). The van der Waals surface area contributed by atoms with Gasteiger partial charge in [0.2, 0.25) is 11.9 Å². The zero-order valence-corrected chi connectivity index (χ0v) is 17.5. The van der Waals surface area contributed by atoms with Crippen molar-refractivity contribution in [3.63, 3.8) is 0 Å². The van der Waals surface area contributed by atoms with Gasteiger partial charge in [-0.2, -0.15) is 4.98 Å². The Morgan fingerprint density at radius 3 is 2.26 bits per heavy atom. The molecule has 1 fully saturated rings. The first kappa shape index (κ1) is 19.4. The lowest BCUT2D eigenvalue weighted by Crippen LogP contribution is -2.48. The molecule has 0 radical (unpaired) electrons. The number of anilines is 4. The van der Waals surface area contributed by atoms with Gasteiger partial charge in [0.05, 0.1) is 11.3 Å². The van der Waals surface area contributed by atoms with Crippen molar-refractivity contribution in [2.75, 3.05) is 41.3 Å². The van der Waals surface area contributed by atoms with Gasteiger partial charge in [0, 0.05) is 50.7 Å². The summed E-state index contributed by atoms with van der Waals surface area (Å²) in [6, 6.07) is 11.7. The Kier molecular flexibility index (Phi) is 5.19. The van der Waals surface area contributed by atoms with Gasteiger partial charge in [-0.1, -0.05) is 25.1 Å². The maximum Gasteiger partial charge on any atom is 0.227 e. The second-order valence-electron chi connectivity index (χ2n) is 8.14. The number of piperazine rings is 1. The predicted octanol–water partition coefficient (Wildman–Crippen LogP) is 3.10. The minimum absolute atomic E-state index is 0.116. The summed E-state index contributed by atoms with van der Waals surface area (Å²) in [5.74, 6) is 2.44. The Hall–Kier alpha value is -3.55. The van der Waals surface area contributed by atoms with Crippen LogP contribution in [0, 0.1) is 5.92 Å². The number of nitrogens with zero attached hydrogens (tertiary/aromatic N) is 6. The quantitative estimate of drug-likeness (QED) is 0.696. The highest BCUT2D eigenvalue weighted by Crippen LogP contribution is 2.32. The highest BCUT2D eigenvalue weighted by molar-refractivity contribution is 6.03. The van der Waals surface area contributed by atoms with Crippen LogP contribution in [-0.2, 0) is 6.42 Å². The second-order valence-corrected chi connectivity index (χ2v) is 8.14. The van der Waals surface area contributed by atoms with Gasteiger partial charge in [0.1, 0.15) is 5.82 Å². The van der Waals surface area contributed by atoms with E-state index in [9.17, 15) is 4.79 Å². The molecule has 3 aromatic rings. The van der Waals surface area contributed by atoms with E-state index in [4.69, 9.17) is 9.97 Å². The van der Waals surface area contributed by atoms with Crippen molar-refractivity contribution in [3.8, 4) is 0 Å². The Balaban J connectivity index is 1.43. The fourth-order valence-electron chi connectivity index (χ4n) is 4.21. The highest BCUT2D eigenvalue weighted by atomic mass is 16.1. The molecule has 0 amide bonds. The summed E-state index contributed by atoms with van der Waals surface area (Å²) in [6.07, 6.45) is 4.86. The summed E-state index contributed by atoms with van der Waals surface area (Å²) >= 11 is 0. The first-order valence-electron chi connectivity index (χ1n) is 10.7. The molecule has 0 bridgehead atoms. The number of fused-ring (bicyclic) bond motifs is 1. The van der Waals surface area contributed by atoms with E-state index >= 15 is 0 Å². The van der Waals surface area contributed by atoms with Crippen LogP contribution in [-0.4, -0.2) is 51.9 Å². The van der Waals surface area contributed by atoms with Crippen LogP contribution in [0.1, 0.15) is 29.4 Å². The molecule has 1 atom stereocenters. The molecule has 3 heterocycles. The maximum atomic E-state index is 12.8. The zero-order chi connectivity index (χ0) is 21.2. The van der Waals surface area contributed by atoms with Gasteiger partial charge >= 0.3 is 0 Å². The van der Waals surface area contributed by atoms with Gasteiger partial charge in [0.25, 0.3) is 0 Å². The summed E-state index contributed by atoms with van der Waals surface area (Å²) in [5, 5.41) is 3.36. The summed E-state index contributed by atoms with van der Waals surface area (Å²) in [5.41, 5.74) is 2.40. The average molecular weight is 416 g/mol. The molecular formula is C23H25N7O. The molecule has 1 N–H and O–H groups in total. The van der Waals surface area contributed by atoms with Crippen LogP contribution in [0.4, 0.5) is 23.4 Å². The SMILES string of the molecule is C[C@@H]1CC(=O)c2c(nc(N3CCN(c4ncccn4)CC3)nc2Nc2ccccc2)C1. The molecule has 1 aromatic carbocycles. The smallest absolute Gasteiger partial charge is 0.227 e. The van der Waals surface area contributed by atoms with Crippen molar-refractivity contribution < 1.29 is 4.79 Å². The fraction of sp³-hybridized carbons (Fsp3) is 0.348. The first-order valence-corrected chi connectivity index (χ1v) is 10.7. The molecule has 1 aliphatic heterocycles. The first-order chi connectivity index (χ1) is 15.2. The third-order valence-corrected chi connectivity index (χ3v) is 5.76. The lowest BCUT2D eigenvalue weighted by molar-refractivity contribution is 0.0952. The van der Waals surface area contributed by atoms with E-state index in [1.165, 1.54) is 0 Å². The summed E-state index contributed by atoms with van der Waals surface area (Å²) in [4.78, 5) is 35.6. The van der Waals surface area contributed by atoms with Gasteiger partial charge in [-0.05, 0) is 30.5 Å². The number of Topliss-reactive ketones (excluding diaryl/α,β-unsaturated/α-hetero) is 1. The largest absolute Gasteiger partial charge is 0.339 e. The molecule has 2 aliphatic rings. The van der Waals surface area contributed by atoms with Crippen LogP contribution in [0.3, 0.4) is 0 Å². The Morgan fingerprint density at radius 1 is 0.871 bits per heavy atom. The monoisotopic (exact) mass is 415 g/mol. The van der Waals surface area contributed by atoms with Crippen LogP contribution >= 0.6 is 0 Å². The molecule has 158 valence electrons. The van der Waals surface area contributed by atoms with E-state index in [0.29, 0.717) is 29.7 Å². The van der Waals surface area contributed by atoms with Crippen molar-refractivity contribution in [1.82, 2.24) is 19.9 Å². The van der Waals surface area contributed by atoms with Crippen LogP contribution in [0.25, 0.3) is 0 Å². The average Bonchev–Trinajstić information content (AvgIpc) is 2.80. The van der Waals surface area contributed by atoms with E-state index in [2.05, 4.69) is 32.0 Å². The number of benzene rings is 1. The number of hydrogen-bond donors (Lipinski definition) is 1. The molecular weight excluding hydrogens is 390 g/mol. The van der Waals surface area contributed by atoms with E-state index in [-0.39, 0.29) is 5.78 Å². The number of rotatable bonds is 4. The van der Waals surface area contributed by atoms with Crippen LogP contribution in [0.2, 0.25) is 0 Å². The van der Waals surface area contributed by atoms with Gasteiger partial charge in [0.15, 0.2) is 5.78 Å². The van der Waals surface area contributed by atoms with Crippen molar-refractivity contribution in [2.24, 2.45) is 5.92 Å². The molecule has 1 aliphatic carbocycles. The molecule has 8 nitrogen and oxygen atoms in total. The summed E-state index contributed by atoms with van der Waals surface area (Å²) < 4.78 is 0. The number of nitrogens with one attached hydrogen (secondary N) is 1. The van der Waals surface area contributed by atoms with Crippen molar-refractivity contribution in [3.05, 3.63) is 60.0 Å². The molecule has 0 saturated carbocycles. The third kappa shape index (κ3) is 4.05. The van der Waals surface area contributed by atoms with E-state index < -0.39 is 0 Å². The number of carbonyl (C=O) groups is 1. The number of hydrogen-bond acceptors (Lipinski definition) is 8. The Bertz CT molecular complexity index is 1070. The van der Waals surface area contributed by atoms with E-state index in [1.54, 1.807) is 12.4 Å². The van der Waals surface area contributed by atoms with E-state index in [1.807, 2.05) is 36.4 Å². The second kappa shape index (κ2) is 8.29. The highest BCUT2D eigenvalue weighted by Gasteiger charge is 2.30. The third-order valence-electron chi connectivity index (χ3n) is 5.76. The van der Waals surface area contributed by atoms with Gasteiger partial charge in [-0.25, -0.2) is 15.0 Å². The zero-order valence-electron chi connectivity index (χ0n) is 17.5. The lowest BCUT2D eigenvalue weighted by Gasteiger charge is -2.35. The number of ketones is 1. The number of carbonyl (C=O) groups excluding carboxylic acids is 1. The van der Waals surface area contributed by atoms with E-state index in [0.717, 1.165) is 49.9 Å². The lowest BCUT2D eigenvalue weighted by atomic mass is 9.87. The Morgan fingerprint density at radius 2 is 1.55 bits per heavy atom. The van der Waals surface area contributed by atoms with Crippen molar-refractivity contribution in [2.45, 2.75) is 19.8 Å². The van der Waals surface area contributed by atoms with Crippen LogP contribution in [0.5, 0.6) is 0 Å². The number of para-hydroxylation sites is 1. The topological polar surface area (TPSA) is 87.1 Å². The van der Waals surface area contributed by atoms with Crippen LogP contribution < -0.4 is 15.1 Å². The van der Waals surface area contributed by atoms with Gasteiger partial charge < -0.3 is 15.1 Å². The fourth-order valence-corrected chi connectivity index (χ4v) is 4.21. The molecule has 1 saturated heterocycles. The molecule has 0 unspecified atom stereocenters. The van der Waals surface area contributed by atoms with Gasteiger partial charge in [-0.15, -0.1) is 0 Å². The minimum Gasteiger partial charge on any atom is -0.339 e. The molecule has 0 spiro atoms. The molecule has 8 heteroatoms. The van der Waals surface area contributed by atoms with Crippen molar-refractivity contribution >= 4 is 29.2 Å².